The Morgan fingerprint density at radius 1 is 1.15 bits per heavy atom. The van der Waals surface area contributed by atoms with Crippen LogP contribution in [0.2, 0.25) is 5.02 Å². The molecule has 1 aliphatic heterocycles. The zero-order chi connectivity index (χ0) is 23.0. The van der Waals surface area contributed by atoms with Crippen LogP contribution in [0.4, 0.5) is 0 Å². The van der Waals surface area contributed by atoms with Crippen molar-refractivity contribution in [2.75, 3.05) is 6.54 Å². The Bertz CT molecular complexity index is 1270. The number of rotatable bonds is 7. The van der Waals surface area contributed by atoms with Gasteiger partial charge < -0.3 is 4.42 Å². The molecule has 0 saturated heterocycles. The van der Waals surface area contributed by atoms with Crippen molar-refractivity contribution in [1.29, 1.82) is 0 Å². The van der Waals surface area contributed by atoms with E-state index in [4.69, 9.17) is 16.0 Å². The van der Waals surface area contributed by atoms with Crippen LogP contribution in [-0.2, 0) is 14.8 Å². The lowest BCUT2D eigenvalue weighted by molar-refractivity contribution is -0.133. The minimum absolute atomic E-state index is 0.0686. The summed E-state index contributed by atoms with van der Waals surface area (Å²) >= 11 is 6.01. The number of aromatic nitrogens is 1. The first-order chi connectivity index (χ1) is 15.9. The second kappa shape index (κ2) is 8.74. The fourth-order valence-corrected chi connectivity index (χ4v) is 5.60. The predicted octanol–water partition coefficient (Wildman–Crippen LogP) is 3.86. The smallest absolute Gasteiger partial charge is 0.258 e. The number of hydrogen-bond acceptors (Lipinski definition) is 6. The van der Waals surface area contributed by atoms with Crippen LogP contribution in [0.15, 0.2) is 81.6 Å². The SMILES string of the molecule is O=C(CN(C1CC1)S(=O)(=O)c1cccnc1)N1N=C(c2ccc(Cl)cc2)CC1c1ccco1. The molecule has 0 N–H and O–H groups in total. The third-order valence-electron chi connectivity index (χ3n) is 5.70. The molecule has 1 amide bonds. The summed E-state index contributed by atoms with van der Waals surface area (Å²) < 4.78 is 33.3. The van der Waals surface area contributed by atoms with E-state index in [-0.39, 0.29) is 17.5 Å². The summed E-state index contributed by atoms with van der Waals surface area (Å²) in [6.07, 6.45) is 6.23. The van der Waals surface area contributed by atoms with Gasteiger partial charge in [0.25, 0.3) is 5.91 Å². The molecule has 1 unspecified atom stereocenters. The van der Waals surface area contributed by atoms with E-state index in [1.807, 2.05) is 12.1 Å². The minimum atomic E-state index is -3.87. The van der Waals surface area contributed by atoms with Gasteiger partial charge in [0.15, 0.2) is 0 Å². The van der Waals surface area contributed by atoms with Crippen molar-refractivity contribution in [3.8, 4) is 0 Å². The molecule has 8 nitrogen and oxygen atoms in total. The average molecular weight is 485 g/mol. The molecule has 0 spiro atoms. The normalized spacial score (nSPS) is 18.5. The molecule has 1 aromatic carbocycles. The third kappa shape index (κ3) is 4.44. The zero-order valence-corrected chi connectivity index (χ0v) is 19.1. The van der Waals surface area contributed by atoms with Crippen LogP contribution in [0.1, 0.15) is 36.6 Å². The lowest BCUT2D eigenvalue weighted by atomic mass is 10.0. The molecule has 2 aromatic heterocycles. The van der Waals surface area contributed by atoms with Crippen molar-refractivity contribution in [1.82, 2.24) is 14.3 Å². The predicted molar refractivity (Wildman–Crippen MR) is 122 cm³/mol. The van der Waals surface area contributed by atoms with Crippen LogP contribution >= 0.6 is 11.6 Å². The van der Waals surface area contributed by atoms with Gasteiger partial charge in [-0.1, -0.05) is 23.7 Å². The summed E-state index contributed by atoms with van der Waals surface area (Å²) in [5.41, 5.74) is 1.54. The fourth-order valence-electron chi connectivity index (χ4n) is 3.87. The molecule has 1 saturated carbocycles. The van der Waals surface area contributed by atoms with E-state index in [0.717, 1.165) is 5.56 Å². The zero-order valence-electron chi connectivity index (χ0n) is 17.5. The van der Waals surface area contributed by atoms with Crippen molar-refractivity contribution < 1.29 is 17.6 Å². The summed E-state index contributed by atoms with van der Waals surface area (Å²) in [5.74, 6) is 0.170. The molecule has 0 radical (unpaired) electrons. The second-order valence-corrected chi connectivity index (χ2v) is 10.3. The Balaban J connectivity index is 1.44. The maximum Gasteiger partial charge on any atom is 0.258 e. The molecule has 2 aliphatic rings. The number of nitrogens with zero attached hydrogens (tertiary/aromatic N) is 4. The van der Waals surface area contributed by atoms with Crippen molar-refractivity contribution in [3.05, 3.63) is 83.5 Å². The summed E-state index contributed by atoms with van der Waals surface area (Å²) in [6.45, 7) is -0.309. The van der Waals surface area contributed by atoms with E-state index in [1.165, 1.54) is 27.8 Å². The van der Waals surface area contributed by atoms with Crippen LogP contribution in [0.3, 0.4) is 0 Å². The molecule has 170 valence electrons. The van der Waals surface area contributed by atoms with Gasteiger partial charge in [0.1, 0.15) is 16.7 Å². The van der Waals surface area contributed by atoms with Crippen molar-refractivity contribution >= 4 is 33.2 Å². The Labute approximate surface area is 196 Å². The molecule has 33 heavy (non-hydrogen) atoms. The highest BCUT2D eigenvalue weighted by Crippen LogP contribution is 2.36. The highest BCUT2D eigenvalue weighted by Gasteiger charge is 2.42. The molecule has 3 aromatic rings. The van der Waals surface area contributed by atoms with Gasteiger partial charge >= 0.3 is 0 Å². The molecule has 1 aliphatic carbocycles. The van der Waals surface area contributed by atoms with E-state index >= 15 is 0 Å². The van der Waals surface area contributed by atoms with E-state index in [0.29, 0.717) is 35.8 Å². The Morgan fingerprint density at radius 2 is 1.94 bits per heavy atom. The van der Waals surface area contributed by atoms with Crippen LogP contribution in [0, 0.1) is 0 Å². The summed E-state index contributed by atoms with van der Waals surface area (Å²) in [6, 6.07) is 13.1. The Morgan fingerprint density at radius 3 is 2.58 bits per heavy atom. The quantitative estimate of drug-likeness (QED) is 0.507. The van der Waals surface area contributed by atoms with Gasteiger partial charge in [-0.15, -0.1) is 0 Å². The number of pyridine rings is 1. The number of carbonyl (C=O) groups is 1. The van der Waals surface area contributed by atoms with Gasteiger partial charge in [0.2, 0.25) is 10.0 Å². The molecule has 0 bridgehead atoms. The lowest BCUT2D eigenvalue weighted by Crippen LogP contribution is -2.42. The first kappa shape index (κ1) is 21.8. The van der Waals surface area contributed by atoms with Crippen LogP contribution < -0.4 is 0 Å². The van der Waals surface area contributed by atoms with Gasteiger partial charge in [-0.3, -0.25) is 9.78 Å². The maximum atomic E-state index is 13.4. The van der Waals surface area contributed by atoms with Crippen LogP contribution in [-0.4, -0.2) is 46.9 Å². The van der Waals surface area contributed by atoms with Crippen LogP contribution in [0.25, 0.3) is 0 Å². The number of halogens is 1. The number of carbonyl (C=O) groups excluding carboxylic acids is 1. The van der Waals surface area contributed by atoms with E-state index in [9.17, 15) is 13.2 Å². The molecule has 5 rings (SSSR count). The van der Waals surface area contributed by atoms with E-state index < -0.39 is 22.0 Å². The van der Waals surface area contributed by atoms with Gasteiger partial charge in [-0.25, -0.2) is 13.4 Å². The summed E-state index contributed by atoms with van der Waals surface area (Å²) in [5, 5.41) is 6.53. The molecular formula is C23H21ClN4O4S. The standard InChI is InChI=1S/C23H21ClN4O4S/c24-17-7-5-16(6-8-17)20-13-21(22-4-2-12-32-22)28(26-20)23(29)15-27(18-9-10-18)33(30,31)19-3-1-11-25-14-19/h1-8,11-12,14,18,21H,9-10,13,15H2. The number of hydrogen-bond donors (Lipinski definition) is 0. The van der Waals surface area contributed by atoms with E-state index in [2.05, 4.69) is 10.1 Å². The van der Waals surface area contributed by atoms with Gasteiger partial charge in [-0.05, 0) is 54.8 Å². The highest BCUT2D eigenvalue weighted by molar-refractivity contribution is 7.89. The van der Waals surface area contributed by atoms with E-state index in [1.54, 1.807) is 36.6 Å². The largest absolute Gasteiger partial charge is 0.467 e. The molecule has 10 heteroatoms. The summed E-state index contributed by atoms with van der Waals surface area (Å²) in [4.78, 5) is 17.4. The molecular weight excluding hydrogens is 464 g/mol. The highest BCUT2D eigenvalue weighted by atomic mass is 35.5. The fraction of sp³-hybridized carbons (Fsp3) is 0.261. The topological polar surface area (TPSA) is 96.1 Å². The lowest BCUT2D eigenvalue weighted by Gasteiger charge is -2.25. The van der Waals surface area contributed by atoms with Crippen molar-refractivity contribution in [2.24, 2.45) is 5.10 Å². The molecule has 1 atom stereocenters. The first-order valence-electron chi connectivity index (χ1n) is 10.5. The monoisotopic (exact) mass is 484 g/mol. The number of sulfonamides is 1. The van der Waals surface area contributed by atoms with Gasteiger partial charge in [0.05, 0.1) is 18.5 Å². The van der Waals surface area contributed by atoms with Crippen molar-refractivity contribution in [3.63, 3.8) is 0 Å². The number of amides is 1. The third-order valence-corrected chi connectivity index (χ3v) is 7.84. The number of benzene rings is 1. The number of furan rings is 1. The van der Waals surface area contributed by atoms with Gasteiger partial charge in [-0.2, -0.15) is 9.41 Å². The van der Waals surface area contributed by atoms with Crippen LogP contribution in [0.5, 0.6) is 0 Å². The van der Waals surface area contributed by atoms with Crippen molar-refractivity contribution in [2.45, 2.75) is 36.2 Å². The van der Waals surface area contributed by atoms with Gasteiger partial charge in [0, 0.05) is 29.9 Å². The Kier molecular flexibility index (Phi) is 5.77. The maximum absolute atomic E-state index is 13.4. The molecule has 1 fully saturated rings. The first-order valence-corrected chi connectivity index (χ1v) is 12.4. The average Bonchev–Trinajstić information content (AvgIpc) is 3.32. The second-order valence-electron chi connectivity index (χ2n) is 8.00. The Hall–Kier alpha value is -3.01. The number of hydrazone groups is 1. The summed E-state index contributed by atoms with van der Waals surface area (Å²) in [7, 11) is -3.87. The minimum Gasteiger partial charge on any atom is -0.467 e. The molecule has 3 heterocycles.